The van der Waals surface area contributed by atoms with Crippen LogP contribution in [0.5, 0.6) is 11.5 Å². The summed E-state index contributed by atoms with van der Waals surface area (Å²) in [6.45, 7) is 7.48. The van der Waals surface area contributed by atoms with Crippen molar-refractivity contribution in [2.45, 2.75) is 46.1 Å². The summed E-state index contributed by atoms with van der Waals surface area (Å²) in [5, 5.41) is 12.7. The van der Waals surface area contributed by atoms with Crippen molar-refractivity contribution < 1.29 is 19.4 Å². The number of carboxylic acid groups (broad SMARTS) is 1. The van der Waals surface area contributed by atoms with E-state index in [1.165, 1.54) is 0 Å². The van der Waals surface area contributed by atoms with Crippen LogP contribution in [0.3, 0.4) is 0 Å². The van der Waals surface area contributed by atoms with Crippen molar-refractivity contribution in [3.8, 4) is 22.8 Å². The van der Waals surface area contributed by atoms with Gasteiger partial charge in [-0.2, -0.15) is 4.98 Å². The summed E-state index contributed by atoms with van der Waals surface area (Å²) in [5.74, 6) is 2.26. The highest BCUT2D eigenvalue weighted by Gasteiger charge is 2.27. The SMILES string of the molecule is CCOc1ccccc1O[C@@H]1CCCN(c2nccc(Nc3nccc(-c4cccc(CC(C)(C)C(=O)O)c4)n3)n2)C1. The van der Waals surface area contributed by atoms with Crippen molar-refractivity contribution in [2.75, 3.05) is 29.9 Å². The Morgan fingerprint density at radius 3 is 2.67 bits per heavy atom. The van der Waals surface area contributed by atoms with Crippen molar-refractivity contribution >= 4 is 23.7 Å². The minimum atomic E-state index is -0.865. The molecule has 0 bridgehead atoms. The topological polar surface area (TPSA) is 123 Å². The van der Waals surface area contributed by atoms with E-state index >= 15 is 0 Å². The van der Waals surface area contributed by atoms with E-state index in [1.54, 1.807) is 32.3 Å². The highest BCUT2D eigenvalue weighted by atomic mass is 16.5. The lowest BCUT2D eigenvalue weighted by molar-refractivity contribution is -0.146. The Bertz CT molecular complexity index is 1530. The number of carboxylic acids is 1. The van der Waals surface area contributed by atoms with Gasteiger partial charge in [-0.25, -0.2) is 15.0 Å². The molecule has 10 nitrogen and oxygen atoms in total. The van der Waals surface area contributed by atoms with Gasteiger partial charge in [0.25, 0.3) is 0 Å². The van der Waals surface area contributed by atoms with Crippen molar-refractivity contribution in [1.82, 2.24) is 19.9 Å². The molecule has 1 aliphatic heterocycles. The molecule has 2 N–H and O–H groups in total. The zero-order valence-electron chi connectivity index (χ0n) is 24.2. The highest BCUT2D eigenvalue weighted by Crippen LogP contribution is 2.30. The van der Waals surface area contributed by atoms with Crippen LogP contribution in [0.15, 0.2) is 73.1 Å². The van der Waals surface area contributed by atoms with Gasteiger partial charge in [-0.1, -0.05) is 30.3 Å². The van der Waals surface area contributed by atoms with Gasteiger partial charge in [0.05, 0.1) is 24.3 Å². The number of rotatable bonds is 11. The van der Waals surface area contributed by atoms with Gasteiger partial charge in [0.1, 0.15) is 11.9 Å². The number of nitrogens with one attached hydrogen (secondary N) is 1. The maximum Gasteiger partial charge on any atom is 0.309 e. The number of hydrogen-bond acceptors (Lipinski definition) is 9. The third-order valence-corrected chi connectivity index (χ3v) is 7.09. The predicted octanol–water partition coefficient (Wildman–Crippen LogP) is 5.78. The largest absolute Gasteiger partial charge is 0.490 e. The third kappa shape index (κ3) is 7.12. The Kier molecular flexibility index (Phi) is 8.80. The van der Waals surface area contributed by atoms with Gasteiger partial charge in [-0.05, 0) is 75.9 Å². The molecule has 0 spiro atoms. The highest BCUT2D eigenvalue weighted by molar-refractivity contribution is 5.74. The van der Waals surface area contributed by atoms with Crippen LogP contribution in [0.4, 0.5) is 17.7 Å². The van der Waals surface area contributed by atoms with Crippen LogP contribution in [0.25, 0.3) is 11.3 Å². The second-order valence-electron chi connectivity index (χ2n) is 10.9. The number of nitrogens with zero attached hydrogens (tertiary/aromatic N) is 5. The van der Waals surface area contributed by atoms with Gasteiger partial charge in [-0.15, -0.1) is 0 Å². The lowest BCUT2D eigenvalue weighted by Gasteiger charge is -2.33. The van der Waals surface area contributed by atoms with E-state index in [0.717, 1.165) is 47.7 Å². The third-order valence-electron chi connectivity index (χ3n) is 7.09. The molecule has 1 saturated heterocycles. The molecule has 2 aromatic heterocycles. The summed E-state index contributed by atoms with van der Waals surface area (Å²) < 4.78 is 12.1. The van der Waals surface area contributed by atoms with E-state index in [4.69, 9.17) is 19.4 Å². The number of hydrogen-bond donors (Lipinski definition) is 2. The summed E-state index contributed by atoms with van der Waals surface area (Å²) in [6, 6.07) is 19.1. The quantitative estimate of drug-likeness (QED) is 0.230. The number of ether oxygens (including phenoxy) is 2. The van der Waals surface area contributed by atoms with Crippen LogP contribution in [0.2, 0.25) is 0 Å². The van der Waals surface area contributed by atoms with Gasteiger partial charge in [-0.3, -0.25) is 4.79 Å². The molecule has 218 valence electrons. The molecular formula is C32H36N6O4. The summed E-state index contributed by atoms with van der Waals surface area (Å²) in [4.78, 5) is 32.1. The molecule has 0 radical (unpaired) electrons. The standard InChI is InChI=1S/C32H36N6O4/c1-4-41-26-12-5-6-13-27(26)42-24-11-8-18-38(21-24)31-34-17-15-28(37-31)36-30-33-16-14-25(35-30)23-10-7-9-22(19-23)20-32(2,3)29(39)40/h5-7,9-10,12-17,19,24H,4,8,11,18,20-21H2,1-3H3,(H,39,40)(H,33,34,35,36,37)/t24-/m1/s1. The normalized spacial score (nSPS) is 15.2. The van der Waals surface area contributed by atoms with Crippen molar-refractivity contribution in [1.29, 1.82) is 0 Å². The van der Waals surface area contributed by atoms with E-state index in [9.17, 15) is 9.90 Å². The van der Waals surface area contributed by atoms with Crippen LogP contribution in [0.1, 0.15) is 39.2 Å². The fourth-order valence-electron chi connectivity index (χ4n) is 4.91. The summed E-state index contributed by atoms with van der Waals surface area (Å²) in [6.07, 6.45) is 5.69. The molecule has 2 aromatic carbocycles. The number of aliphatic carboxylic acids is 1. The minimum absolute atomic E-state index is 0.0163. The van der Waals surface area contributed by atoms with E-state index in [1.807, 2.05) is 61.5 Å². The van der Waals surface area contributed by atoms with E-state index < -0.39 is 11.4 Å². The fraction of sp³-hybridized carbons (Fsp3) is 0.344. The average Bonchev–Trinajstić information content (AvgIpc) is 2.99. The Hall–Kier alpha value is -4.73. The monoisotopic (exact) mass is 568 g/mol. The number of para-hydroxylation sites is 2. The van der Waals surface area contributed by atoms with Gasteiger partial charge in [0, 0.05) is 24.5 Å². The van der Waals surface area contributed by atoms with Crippen LogP contribution in [0, 0.1) is 5.41 Å². The van der Waals surface area contributed by atoms with Crippen LogP contribution >= 0.6 is 0 Å². The molecule has 0 aliphatic carbocycles. The first-order valence-corrected chi connectivity index (χ1v) is 14.2. The second-order valence-corrected chi connectivity index (χ2v) is 10.9. The molecule has 5 rings (SSSR count). The molecule has 4 aromatic rings. The molecule has 0 saturated carbocycles. The van der Waals surface area contributed by atoms with Gasteiger partial charge in [0.15, 0.2) is 11.5 Å². The van der Waals surface area contributed by atoms with E-state index in [0.29, 0.717) is 37.3 Å². The summed E-state index contributed by atoms with van der Waals surface area (Å²) in [5.41, 5.74) is 1.67. The van der Waals surface area contributed by atoms with Gasteiger partial charge < -0.3 is 24.8 Å². The summed E-state index contributed by atoms with van der Waals surface area (Å²) in [7, 11) is 0. The number of carbonyl (C=O) groups is 1. The molecule has 1 fully saturated rings. The number of benzene rings is 2. The van der Waals surface area contributed by atoms with Crippen molar-refractivity contribution in [3.63, 3.8) is 0 Å². The lowest BCUT2D eigenvalue weighted by Crippen LogP contribution is -2.42. The van der Waals surface area contributed by atoms with Crippen LogP contribution in [-0.4, -0.2) is 56.8 Å². The molecule has 0 unspecified atom stereocenters. The van der Waals surface area contributed by atoms with Gasteiger partial charge in [0.2, 0.25) is 11.9 Å². The molecule has 42 heavy (non-hydrogen) atoms. The van der Waals surface area contributed by atoms with E-state index in [-0.39, 0.29) is 6.10 Å². The first-order chi connectivity index (χ1) is 20.3. The Morgan fingerprint density at radius 1 is 1.05 bits per heavy atom. The lowest BCUT2D eigenvalue weighted by atomic mass is 9.85. The zero-order chi connectivity index (χ0) is 29.5. The Balaban J connectivity index is 1.27. The molecule has 0 amide bonds. The molecule has 10 heteroatoms. The van der Waals surface area contributed by atoms with Crippen LogP contribution < -0.4 is 19.7 Å². The molecular weight excluding hydrogens is 532 g/mol. The summed E-state index contributed by atoms with van der Waals surface area (Å²) >= 11 is 0. The molecule has 1 atom stereocenters. The molecule has 3 heterocycles. The average molecular weight is 569 g/mol. The Morgan fingerprint density at radius 2 is 1.86 bits per heavy atom. The first kappa shape index (κ1) is 28.8. The number of piperidine rings is 1. The smallest absolute Gasteiger partial charge is 0.309 e. The maximum atomic E-state index is 11.6. The van der Waals surface area contributed by atoms with Crippen molar-refractivity contribution in [3.05, 3.63) is 78.6 Å². The Labute approximate surface area is 245 Å². The molecule has 1 aliphatic rings. The predicted molar refractivity (Wildman–Crippen MR) is 161 cm³/mol. The number of aromatic nitrogens is 4. The number of anilines is 3. The first-order valence-electron chi connectivity index (χ1n) is 14.2. The van der Waals surface area contributed by atoms with Gasteiger partial charge >= 0.3 is 5.97 Å². The van der Waals surface area contributed by atoms with Crippen LogP contribution in [-0.2, 0) is 11.2 Å². The van der Waals surface area contributed by atoms with E-state index in [2.05, 4.69) is 20.2 Å². The zero-order valence-corrected chi connectivity index (χ0v) is 24.2. The minimum Gasteiger partial charge on any atom is -0.490 e. The fourth-order valence-corrected chi connectivity index (χ4v) is 4.91. The maximum absolute atomic E-state index is 11.6. The second kappa shape index (κ2) is 12.8. The van der Waals surface area contributed by atoms with Crippen molar-refractivity contribution in [2.24, 2.45) is 5.41 Å².